The summed E-state index contributed by atoms with van der Waals surface area (Å²) >= 11 is 11.7. The average Bonchev–Trinajstić information content (AvgIpc) is 2.31. The molecule has 0 aliphatic rings. The number of hydrogen-bond donors (Lipinski definition) is 0. The van der Waals surface area contributed by atoms with Crippen LogP contribution in [-0.4, -0.2) is 4.92 Å². The van der Waals surface area contributed by atoms with Gasteiger partial charge in [-0.2, -0.15) is 0 Å². The van der Waals surface area contributed by atoms with Crippen LogP contribution in [0, 0.1) is 24.0 Å². The third kappa shape index (κ3) is 3.03. The summed E-state index contributed by atoms with van der Waals surface area (Å²) in [6.45, 7) is 3.90. The molecule has 0 fully saturated rings. The monoisotopic (exact) mass is 311 g/mol. The summed E-state index contributed by atoms with van der Waals surface area (Å²) in [5.74, 6) is 1.01. The molecule has 104 valence electrons. The van der Waals surface area contributed by atoms with Crippen molar-refractivity contribution < 1.29 is 9.66 Å². The van der Waals surface area contributed by atoms with Crippen LogP contribution in [0.3, 0.4) is 0 Å². The number of ether oxygens (including phenoxy) is 1. The van der Waals surface area contributed by atoms with Crippen LogP contribution in [0.25, 0.3) is 0 Å². The molecule has 0 N–H and O–H groups in total. The third-order valence-corrected chi connectivity index (χ3v) is 3.31. The molecule has 0 heterocycles. The fourth-order valence-electron chi connectivity index (χ4n) is 1.82. The Bertz CT molecular complexity index is 663. The fraction of sp³-hybridized carbons (Fsp3) is 0.143. The van der Waals surface area contributed by atoms with E-state index in [1.54, 1.807) is 0 Å². The summed E-state index contributed by atoms with van der Waals surface area (Å²) in [5, 5.41) is 10.7. The van der Waals surface area contributed by atoms with Gasteiger partial charge in [0.15, 0.2) is 0 Å². The van der Waals surface area contributed by atoms with Gasteiger partial charge in [-0.3, -0.25) is 10.1 Å². The van der Waals surface area contributed by atoms with E-state index in [4.69, 9.17) is 27.9 Å². The van der Waals surface area contributed by atoms with Gasteiger partial charge >= 0.3 is 5.69 Å². The van der Waals surface area contributed by atoms with Crippen LogP contribution in [0.1, 0.15) is 11.1 Å². The smallest absolute Gasteiger partial charge is 0.306 e. The van der Waals surface area contributed by atoms with Crippen LogP contribution in [-0.2, 0) is 0 Å². The Morgan fingerprint density at radius 3 is 2.20 bits per heavy atom. The molecule has 2 aromatic carbocycles. The average molecular weight is 312 g/mol. The predicted molar refractivity (Wildman–Crippen MR) is 79.1 cm³/mol. The molecular formula is C14H11Cl2NO3. The maximum atomic E-state index is 10.8. The van der Waals surface area contributed by atoms with Crippen molar-refractivity contribution in [3.05, 3.63) is 61.6 Å². The van der Waals surface area contributed by atoms with E-state index in [0.717, 1.165) is 11.1 Å². The predicted octanol–water partition coefficient (Wildman–Crippen LogP) is 5.31. The van der Waals surface area contributed by atoms with Gasteiger partial charge in [0.25, 0.3) is 0 Å². The molecule has 0 aliphatic heterocycles. The minimum absolute atomic E-state index is 0.0535. The summed E-state index contributed by atoms with van der Waals surface area (Å²) in [6, 6.07) is 8.48. The maximum absolute atomic E-state index is 10.8. The van der Waals surface area contributed by atoms with Crippen molar-refractivity contribution in [2.24, 2.45) is 0 Å². The Balaban J connectivity index is 2.37. The van der Waals surface area contributed by atoms with Crippen LogP contribution in [0.5, 0.6) is 11.5 Å². The first kappa shape index (κ1) is 14.6. The number of aryl methyl sites for hydroxylation is 2. The van der Waals surface area contributed by atoms with Crippen molar-refractivity contribution in [3.63, 3.8) is 0 Å². The van der Waals surface area contributed by atoms with E-state index in [1.807, 2.05) is 32.0 Å². The van der Waals surface area contributed by atoms with E-state index in [-0.39, 0.29) is 15.7 Å². The van der Waals surface area contributed by atoms with Gasteiger partial charge in [-0.25, -0.2) is 0 Å². The largest absolute Gasteiger partial charge is 0.457 e. The van der Waals surface area contributed by atoms with E-state index in [1.165, 1.54) is 12.1 Å². The minimum Gasteiger partial charge on any atom is -0.457 e. The van der Waals surface area contributed by atoms with E-state index >= 15 is 0 Å². The van der Waals surface area contributed by atoms with Crippen molar-refractivity contribution in [3.8, 4) is 11.5 Å². The zero-order chi connectivity index (χ0) is 14.9. The molecule has 2 aromatic rings. The lowest BCUT2D eigenvalue weighted by molar-refractivity contribution is -0.384. The molecule has 0 saturated heterocycles. The lowest BCUT2D eigenvalue weighted by Crippen LogP contribution is -1.93. The van der Waals surface area contributed by atoms with Gasteiger partial charge in [0.05, 0.1) is 4.92 Å². The topological polar surface area (TPSA) is 52.4 Å². The van der Waals surface area contributed by atoms with Gasteiger partial charge in [0.1, 0.15) is 21.5 Å². The number of hydrogen-bond acceptors (Lipinski definition) is 3. The number of nitrogens with zero attached hydrogens (tertiary/aromatic N) is 1. The Morgan fingerprint density at radius 2 is 1.70 bits per heavy atom. The molecule has 6 heteroatoms. The first-order chi connectivity index (χ1) is 9.38. The lowest BCUT2D eigenvalue weighted by atomic mass is 10.1. The number of rotatable bonds is 3. The van der Waals surface area contributed by atoms with Crippen LogP contribution < -0.4 is 4.74 Å². The second-order valence-corrected chi connectivity index (χ2v) is 5.18. The molecule has 0 spiro atoms. The lowest BCUT2D eigenvalue weighted by Gasteiger charge is -2.10. The normalized spacial score (nSPS) is 10.4. The molecule has 0 bridgehead atoms. The number of nitro groups is 1. The van der Waals surface area contributed by atoms with Gasteiger partial charge in [0, 0.05) is 12.1 Å². The standard InChI is InChI=1S/C14H11Cl2NO3/c1-8-3-4-13(9(2)5-8)20-10-6-11(15)14(17(18)19)12(16)7-10/h3-7H,1-2H3. The summed E-state index contributed by atoms with van der Waals surface area (Å²) in [6.07, 6.45) is 0. The molecule has 0 amide bonds. The van der Waals surface area contributed by atoms with E-state index in [0.29, 0.717) is 11.5 Å². The first-order valence-electron chi connectivity index (χ1n) is 5.77. The van der Waals surface area contributed by atoms with E-state index < -0.39 is 4.92 Å². The second-order valence-electron chi connectivity index (χ2n) is 4.36. The summed E-state index contributed by atoms with van der Waals surface area (Å²) in [5.41, 5.74) is 1.76. The highest BCUT2D eigenvalue weighted by Crippen LogP contribution is 2.38. The maximum Gasteiger partial charge on any atom is 0.306 e. The van der Waals surface area contributed by atoms with E-state index in [2.05, 4.69) is 0 Å². The SMILES string of the molecule is Cc1ccc(Oc2cc(Cl)c([N+](=O)[O-])c(Cl)c2)c(C)c1. The molecule has 0 radical (unpaired) electrons. The highest BCUT2D eigenvalue weighted by Gasteiger charge is 2.19. The zero-order valence-electron chi connectivity index (χ0n) is 10.8. The number of benzene rings is 2. The van der Waals surface area contributed by atoms with Crippen LogP contribution in [0.2, 0.25) is 10.0 Å². The zero-order valence-corrected chi connectivity index (χ0v) is 12.3. The van der Waals surface area contributed by atoms with Crippen LogP contribution in [0.4, 0.5) is 5.69 Å². The molecule has 2 rings (SSSR count). The second kappa shape index (κ2) is 5.69. The van der Waals surface area contributed by atoms with Gasteiger partial charge < -0.3 is 4.74 Å². The van der Waals surface area contributed by atoms with Gasteiger partial charge in [-0.05, 0) is 25.5 Å². The Hall–Kier alpha value is -1.78. The molecule has 0 atom stereocenters. The quantitative estimate of drug-likeness (QED) is 0.570. The van der Waals surface area contributed by atoms with Gasteiger partial charge in [-0.15, -0.1) is 0 Å². The van der Waals surface area contributed by atoms with E-state index in [9.17, 15) is 10.1 Å². The van der Waals surface area contributed by atoms with Gasteiger partial charge in [-0.1, -0.05) is 40.9 Å². The Morgan fingerprint density at radius 1 is 1.10 bits per heavy atom. The molecule has 0 aliphatic carbocycles. The van der Waals surface area contributed by atoms with Crippen molar-refractivity contribution >= 4 is 28.9 Å². The third-order valence-electron chi connectivity index (χ3n) is 2.73. The van der Waals surface area contributed by atoms with Crippen molar-refractivity contribution in [2.45, 2.75) is 13.8 Å². The van der Waals surface area contributed by atoms with Crippen molar-refractivity contribution in [1.29, 1.82) is 0 Å². The molecule has 0 unspecified atom stereocenters. The summed E-state index contributed by atoms with van der Waals surface area (Å²) < 4.78 is 5.67. The molecule has 20 heavy (non-hydrogen) atoms. The fourth-order valence-corrected chi connectivity index (χ4v) is 2.42. The highest BCUT2D eigenvalue weighted by atomic mass is 35.5. The van der Waals surface area contributed by atoms with Gasteiger partial charge in [0.2, 0.25) is 0 Å². The molecular weight excluding hydrogens is 301 g/mol. The summed E-state index contributed by atoms with van der Waals surface area (Å²) in [7, 11) is 0. The molecule has 0 saturated carbocycles. The minimum atomic E-state index is -0.619. The highest BCUT2D eigenvalue weighted by molar-refractivity contribution is 6.38. The van der Waals surface area contributed by atoms with Crippen LogP contribution in [0.15, 0.2) is 30.3 Å². The Labute approximate surface area is 126 Å². The summed E-state index contributed by atoms with van der Waals surface area (Å²) in [4.78, 5) is 10.2. The number of halogens is 2. The number of nitro benzene ring substituents is 1. The van der Waals surface area contributed by atoms with Crippen molar-refractivity contribution in [2.75, 3.05) is 0 Å². The van der Waals surface area contributed by atoms with Crippen LogP contribution >= 0.6 is 23.2 Å². The first-order valence-corrected chi connectivity index (χ1v) is 6.52. The molecule has 4 nitrogen and oxygen atoms in total. The van der Waals surface area contributed by atoms with Crippen molar-refractivity contribution in [1.82, 2.24) is 0 Å². The molecule has 0 aromatic heterocycles. The Kier molecular flexibility index (Phi) is 4.16.